The van der Waals surface area contributed by atoms with Crippen molar-refractivity contribution in [2.75, 3.05) is 38.5 Å². The standard InChI is InChI=1S/C24H25ClN4O3/c1-2-13-32-24(31)29-11-9-28(10-12-29)23(30)17-5-8-19-20(25)15-21(27-22(19)14-17)16-3-6-18(26)7-4-16/h3-8,14-15H,2,9-13,26H2,1H3. The van der Waals surface area contributed by atoms with Crippen molar-refractivity contribution in [3.63, 3.8) is 0 Å². The van der Waals surface area contributed by atoms with Crippen LogP contribution in [0, 0.1) is 0 Å². The summed E-state index contributed by atoms with van der Waals surface area (Å²) in [7, 11) is 0. The van der Waals surface area contributed by atoms with Crippen LogP contribution in [0.5, 0.6) is 0 Å². The first-order chi connectivity index (χ1) is 15.5. The number of fused-ring (bicyclic) bond motifs is 1. The fourth-order valence-corrected chi connectivity index (χ4v) is 3.94. The summed E-state index contributed by atoms with van der Waals surface area (Å²) in [5.41, 5.74) is 9.25. The van der Waals surface area contributed by atoms with Gasteiger partial charge >= 0.3 is 6.09 Å². The predicted octanol–water partition coefficient (Wildman–Crippen LogP) is 4.44. The predicted molar refractivity (Wildman–Crippen MR) is 126 cm³/mol. The minimum Gasteiger partial charge on any atom is -0.449 e. The van der Waals surface area contributed by atoms with Crippen LogP contribution in [0.4, 0.5) is 10.5 Å². The van der Waals surface area contributed by atoms with Crippen LogP contribution in [-0.4, -0.2) is 59.6 Å². The van der Waals surface area contributed by atoms with Gasteiger partial charge in [-0.1, -0.05) is 36.7 Å². The van der Waals surface area contributed by atoms with Gasteiger partial charge in [-0.15, -0.1) is 0 Å². The summed E-state index contributed by atoms with van der Waals surface area (Å²) in [6, 6.07) is 14.6. The zero-order valence-electron chi connectivity index (χ0n) is 17.9. The van der Waals surface area contributed by atoms with E-state index in [9.17, 15) is 9.59 Å². The van der Waals surface area contributed by atoms with Crippen LogP contribution in [0.3, 0.4) is 0 Å². The highest BCUT2D eigenvalue weighted by molar-refractivity contribution is 6.35. The number of benzene rings is 2. The molecule has 1 fully saturated rings. The van der Waals surface area contributed by atoms with E-state index in [2.05, 4.69) is 0 Å². The van der Waals surface area contributed by atoms with E-state index in [1.807, 2.05) is 43.3 Å². The highest BCUT2D eigenvalue weighted by Gasteiger charge is 2.26. The number of amides is 2. The average Bonchev–Trinajstić information content (AvgIpc) is 2.82. The van der Waals surface area contributed by atoms with Gasteiger partial charge in [0, 0.05) is 48.4 Å². The molecule has 3 aromatic rings. The Kier molecular flexibility index (Phi) is 6.46. The van der Waals surface area contributed by atoms with Gasteiger partial charge in [0.25, 0.3) is 5.91 Å². The van der Waals surface area contributed by atoms with E-state index in [4.69, 9.17) is 27.1 Å². The van der Waals surface area contributed by atoms with Crippen LogP contribution in [0.25, 0.3) is 22.2 Å². The lowest BCUT2D eigenvalue weighted by Crippen LogP contribution is -2.50. The Labute approximate surface area is 191 Å². The number of carbonyl (C=O) groups is 2. The number of nitrogens with zero attached hydrogens (tertiary/aromatic N) is 3. The first kappa shape index (κ1) is 21.9. The molecule has 7 nitrogen and oxygen atoms in total. The van der Waals surface area contributed by atoms with Crippen molar-refractivity contribution >= 4 is 40.2 Å². The molecule has 2 aromatic carbocycles. The van der Waals surface area contributed by atoms with Gasteiger partial charge in [0.15, 0.2) is 0 Å². The summed E-state index contributed by atoms with van der Waals surface area (Å²) < 4.78 is 5.18. The molecule has 1 aliphatic heterocycles. The van der Waals surface area contributed by atoms with Crippen molar-refractivity contribution in [1.29, 1.82) is 0 Å². The summed E-state index contributed by atoms with van der Waals surface area (Å²) in [6.45, 7) is 4.17. The molecule has 166 valence electrons. The summed E-state index contributed by atoms with van der Waals surface area (Å²) in [5, 5.41) is 1.35. The second-order valence-corrected chi connectivity index (χ2v) is 8.14. The van der Waals surface area contributed by atoms with Crippen molar-refractivity contribution in [3.8, 4) is 11.3 Å². The smallest absolute Gasteiger partial charge is 0.409 e. The van der Waals surface area contributed by atoms with E-state index in [0.29, 0.717) is 60.3 Å². The summed E-state index contributed by atoms with van der Waals surface area (Å²) in [4.78, 5) is 33.2. The molecule has 1 aromatic heterocycles. The van der Waals surface area contributed by atoms with Crippen molar-refractivity contribution in [3.05, 3.63) is 59.1 Å². The largest absolute Gasteiger partial charge is 0.449 e. The average molecular weight is 453 g/mol. The maximum atomic E-state index is 13.1. The van der Waals surface area contributed by atoms with Crippen LogP contribution in [0.2, 0.25) is 5.02 Å². The Morgan fingerprint density at radius 2 is 1.72 bits per heavy atom. The molecule has 0 aliphatic carbocycles. The third-order valence-corrected chi connectivity index (χ3v) is 5.78. The number of ether oxygens (including phenoxy) is 1. The second-order valence-electron chi connectivity index (χ2n) is 7.74. The number of piperazine rings is 1. The molecule has 0 radical (unpaired) electrons. The number of halogens is 1. The topological polar surface area (TPSA) is 88.8 Å². The number of rotatable bonds is 4. The number of hydrogen-bond donors (Lipinski definition) is 1. The molecule has 32 heavy (non-hydrogen) atoms. The van der Waals surface area contributed by atoms with Crippen molar-refractivity contribution < 1.29 is 14.3 Å². The molecule has 0 unspecified atom stereocenters. The first-order valence-electron chi connectivity index (χ1n) is 10.6. The van der Waals surface area contributed by atoms with Gasteiger partial charge in [-0.05, 0) is 36.8 Å². The van der Waals surface area contributed by atoms with Gasteiger partial charge in [0.2, 0.25) is 0 Å². The fourth-order valence-electron chi connectivity index (χ4n) is 3.68. The Morgan fingerprint density at radius 3 is 2.41 bits per heavy atom. The Bertz CT molecular complexity index is 1140. The minimum atomic E-state index is -0.321. The highest BCUT2D eigenvalue weighted by atomic mass is 35.5. The number of anilines is 1. The lowest BCUT2D eigenvalue weighted by atomic mass is 10.1. The second kappa shape index (κ2) is 9.44. The van der Waals surface area contributed by atoms with E-state index < -0.39 is 0 Å². The van der Waals surface area contributed by atoms with Gasteiger partial charge < -0.3 is 20.3 Å². The fraction of sp³-hybridized carbons (Fsp3) is 0.292. The number of hydrogen-bond acceptors (Lipinski definition) is 5. The summed E-state index contributed by atoms with van der Waals surface area (Å²) in [6.07, 6.45) is 0.461. The third-order valence-electron chi connectivity index (χ3n) is 5.47. The van der Waals surface area contributed by atoms with Crippen LogP contribution in [0.1, 0.15) is 23.7 Å². The Hall–Kier alpha value is -3.32. The molecule has 2 N–H and O–H groups in total. The Balaban J connectivity index is 1.52. The van der Waals surface area contributed by atoms with Crippen LogP contribution >= 0.6 is 11.6 Å². The molecule has 1 saturated heterocycles. The quantitative estimate of drug-likeness (QED) is 0.591. The van der Waals surface area contributed by atoms with E-state index in [0.717, 1.165) is 17.4 Å². The zero-order chi connectivity index (χ0) is 22.7. The van der Waals surface area contributed by atoms with Gasteiger partial charge in [-0.2, -0.15) is 0 Å². The first-order valence-corrected chi connectivity index (χ1v) is 11.0. The van der Waals surface area contributed by atoms with Gasteiger partial charge in [0.05, 0.1) is 22.8 Å². The van der Waals surface area contributed by atoms with Crippen molar-refractivity contribution in [1.82, 2.24) is 14.8 Å². The van der Waals surface area contributed by atoms with E-state index in [1.54, 1.807) is 21.9 Å². The van der Waals surface area contributed by atoms with Crippen LogP contribution in [0.15, 0.2) is 48.5 Å². The van der Waals surface area contributed by atoms with E-state index in [1.165, 1.54) is 0 Å². The number of nitrogens with two attached hydrogens (primary N) is 1. The van der Waals surface area contributed by atoms with E-state index >= 15 is 0 Å². The molecule has 1 aliphatic rings. The number of nitrogen functional groups attached to an aromatic ring is 1. The molecule has 2 amide bonds. The minimum absolute atomic E-state index is 0.0933. The molecule has 0 spiro atoms. The molecule has 4 rings (SSSR count). The van der Waals surface area contributed by atoms with Crippen LogP contribution < -0.4 is 5.73 Å². The molecule has 0 bridgehead atoms. The van der Waals surface area contributed by atoms with Crippen molar-refractivity contribution in [2.24, 2.45) is 0 Å². The molecular formula is C24H25ClN4O3. The van der Waals surface area contributed by atoms with Crippen LogP contribution in [-0.2, 0) is 4.74 Å². The van der Waals surface area contributed by atoms with Gasteiger partial charge in [0.1, 0.15) is 0 Å². The number of pyridine rings is 1. The lowest BCUT2D eigenvalue weighted by molar-refractivity contribution is 0.0560. The number of aromatic nitrogens is 1. The molecule has 0 saturated carbocycles. The monoisotopic (exact) mass is 452 g/mol. The van der Waals surface area contributed by atoms with Crippen molar-refractivity contribution in [2.45, 2.75) is 13.3 Å². The van der Waals surface area contributed by atoms with Gasteiger partial charge in [-0.3, -0.25) is 4.79 Å². The highest BCUT2D eigenvalue weighted by Crippen LogP contribution is 2.29. The summed E-state index contributed by atoms with van der Waals surface area (Å²) in [5.74, 6) is -0.0933. The Morgan fingerprint density at radius 1 is 1.03 bits per heavy atom. The zero-order valence-corrected chi connectivity index (χ0v) is 18.6. The molecule has 2 heterocycles. The lowest BCUT2D eigenvalue weighted by Gasteiger charge is -2.34. The number of carbonyl (C=O) groups excluding carboxylic acids is 2. The molecular weight excluding hydrogens is 428 g/mol. The molecule has 8 heteroatoms. The maximum Gasteiger partial charge on any atom is 0.409 e. The maximum absolute atomic E-state index is 13.1. The summed E-state index contributed by atoms with van der Waals surface area (Å²) >= 11 is 6.50. The third kappa shape index (κ3) is 4.62. The van der Waals surface area contributed by atoms with Gasteiger partial charge in [-0.25, -0.2) is 9.78 Å². The van der Waals surface area contributed by atoms with E-state index in [-0.39, 0.29) is 12.0 Å². The molecule has 0 atom stereocenters. The normalized spacial score (nSPS) is 13.9. The SMILES string of the molecule is CCCOC(=O)N1CCN(C(=O)c2ccc3c(Cl)cc(-c4ccc(N)cc4)nc3c2)CC1.